The molecule has 3 atom stereocenters. The average molecular weight is 565 g/mol. The largest absolute Gasteiger partial charge is 0.373 e. The number of allylic oxidation sites excluding steroid dienone is 2. The van der Waals surface area contributed by atoms with Crippen molar-refractivity contribution < 1.29 is 14.4 Å². The summed E-state index contributed by atoms with van der Waals surface area (Å²) >= 11 is 6.18. The summed E-state index contributed by atoms with van der Waals surface area (Å²) in [6, 6.07) is 9.03. The molecule has 1 fully saturated rings. The van der Waals surface area contributed by atoms with E-state index in [-0.39, 0.29) is 17.9 Å². The maximum Gasteiger partial charge on any atom is 0.325 e. The van der Waals surface area contributed by atoms with E-state index in [1.54, 1.807) is 37.3 Å². The number of amides is 4. The minimum absolute atomic E-state index is 0.304. The van der Waals surface area contributed by atoms with Crippen molar-refractivity contribution in [1.82, 2.24) is 25.0 Å². The predicted octanol–water partition coefficient (Wildman–Crippen LogP) is 4.94. The van der Waals surface area contributed by atoms with Crippen molar-refractivity contribution >= 4 is 35.3 Å². The summed E-state index contributed by atoms with van der Waals surface area (Å²) in [6.45, 7) is 4.00. The lowest BCUT2D eigenvalue weighted by Crippen LogP contribution is -2.70. The van der Waals surface area contributed by atoms with E-state index in [9.17, 15) is 14.4 Å². The van der Waals surface area contributed by atoms with Gasteiger partial charge in [-0.25, -0.2) is 9.78 Å². The molecule has 9 nitrogen and oxygen atoms in total. The van der Waals surface area contributed by atoms with Crippen LogP contribution in [0.5, 0.6) is 0 Å². The van der Waals surface area contributed by atoms with E-state index < -0.39 is 18.0 Å². The number of aromatic nitrogens is 1. The van der Waals surface area contributed by atoms with Gasteiger partial charge in [0.1, 0.15) is 17.7 Å². The lowest BCUT2D eigenvalue weighted by atomic mass is 9.81. The van der Waals surface area contributed by atoms with Crippen LogP contribution in [0.25, 0.3) is 0 Å². The molecule has 0 bridgehead atoms. The van der Waals surface area contributed by atoms with Gasteiger partial charge in [0.05, 0.1) is 12.0 Å². The summed E-state index contributed by atoms with van der Waals surface area (Å²) < 4.78 is 0. The van der Waals surface area contributed by atoms with Crippen LogP contribution < -0.4 is 10.6 Å². The molecule has 10 heteroatoms. The number of imide groups is 1. The van der Waals surface area contributed by atoms with Gasteiger partial charge in [-0.2, -0.15) is 0 Å². The Morgan fingerprint density at radius 2 is 2.00 bits per heavy atom. The number of hydrogen-bond acceptors (Lipinski definition) is 6. The van der Waals surface area contributed by atoms with Gasteiger partial charge in [0.2, 0.25) is 5.91 Å². The van der Waals surface area contributed by atoms with Crippen molar-refractivity contribution in [3.05, 3.63) is 82.4 Å². The zero-order valence-electron chi connectivity index (χ0n) is 23.6. The average Bonchev–Trinajstić information content (AvgIpc) is 2.96. The molecule has 0 radical (unpaired) electrons. The van der Waals surface area contributed by atoms with Crippen LogP contribution in [-0.2, 0) is 16.0 Å². The third kappa shape index (κ3) is 5.84. The topological polar surface area (TPSA) is 97.9 Å². The van der Waals surface area contributed by atoms with Crippen molar-refractivity contribution in [2.45, 2.75) is 51.6 Å². The lowest BCUT2D eigenvalue weighted by molar-refractivity contribution is -0.161. The zero-order chi connectivity index (χ0) is 29.0. The first kappa shape index (κ1) is 29.1. The van der Waals surface area contributed by atoms with Gasteiger partial charge < -0.3 is 15.5 Å². The predicted molar refractivity (Wildman–Crippen MR) is 156 cm³/mol. The number of β-lactam (4-membered cyclic amide) rings is 1. The molecule has 2 aromatic rings. The highest BCUT2D eigenvalue weighted by Crippen LogP contribution is 2.35. The number of nitrogens with zero attached hydrogens (tertiary/aromatic N) is 4. The number of anilines is 1. The second-order valence-electron chi connectivity index (χ2n) is 10.1. The van der Waals surface area contributed by atoms with Gasteiger partial charge in [-0.05, 0) is 66.6 Å². The minimum atomic E-state index is -0.953. The second kappa shape index (κ2) is 12.6. The van der Waals surface area contributed by atoms with E-state index in [0.29, 0.717) is 23.7 Å². The van der Waals surface area contributed by atoms with Crippen LogP contribution >= 0.6 is 11.6 Å². The number of carbonyl (C=O) groups is 3. The molecule has 1 aromatic heterocycles. The molecule has 1 unspecified atom stereocenters. The summed E-state index contributed by atoms with van der Waals surface area (Å²) in [5.74, 6) is 0.0741. The molecule has 3 heterocycles. The first-order chi connectivity index (χ1) is 19.2. The molecular weight excluding hydrogens is 528 g/mol. The number of hydrogen-bond donors (Lipinski definition) is 2. The molecule has 1 saturated heterocycles. The van der Waals surface area contributed by atoms with E-state index in [2.05, 4.69) is 28.6 Å². The van der Waals surface area contributed by atoms with E-state index in [1.165, 1.54) is 0 Å². The van der Waals surface area contributed by atoms with Crippen molar-refractivity contribution in [3.63, 3.8) is 0 Å². The Morgan fingerprint density at radius 3 is 2.67 bits per heavy atom. The first-order valence-corrected chi connectivity index (χ1v) is 14.0. The molecule has 212 valence electrons. The molecule has 2 N–H and O–H groups in total. The lowest BCUT2D eigenvalue weighted by Gasteiger charge is -2.47. The number of benzene rings is 1. The van der Waals surface area contributed by atoms with Gasteiger partial charge in [-0.3, -0.25) is 19.4 Å². The highest BCUT2D eigenvalue weighted by molar-refractivity contribution is 6.30. The number of likely N-dealkylation sites (N-methyl/N-ethyl adjacent to an activating group) is 1. The maximum atomic E-state index is 14.1. The van der Waals surface area contributed by atoms with Crippen molar-refractivity contribution in [2.75, 3.05) is 26.5 Å². The van der Waals surface area contributed by atoms with Gasteiger partial charge in [0.15, 0.2) is 0 Å². The summed E-state index contributed by atoms with van der Waals surface area (Å²) in [7, 11) is 5.38. The van der Waals surface area contributed by atoms with Gasteiger partial charge in [0.25, 0.3) is 5.91 Å². The Balaban J connectivity index is 1.64. The smallest absolute Gasteiger partial charge is 0.325 e. The van der Waals surface area contributed by atoms with Crippen molar-refractivity contribution in [3.8, 4) is 0 Å². The van der Waals surface area contributed by atoms with E-state index in [1.807, 2.05) is 49.3 Å². The number of halogens is 1. The second-order valence-corrected chi connectivity index (χ2v) is 10.5. The maximum absolute atomic E-state index is 14.1. The molecule has 4 amide bonds. The number of urea groups is 1. The van der Waals surface area contributed by atoms with E-state index in [4.69, 9.17) is 11.6 Å². The standard InChI is InChI=1S/C30H37ClN6O3/c1-6-20-11-9-15-35(4)27(20)36(5)29(39)26-23(16-19-13-14-33-25(17-19)32-3)28(38)37(26)30(40)34-24(7-2)21-10-8-12-22(31)18-21/h8-10,12-15,17-18,23-24,26H,6-7,11,16H2,1-5H3,(H,32,33)(H,34,40)/t23-,24?,26+/m1/s1. The van der Waals surface area contributed by atoms with Crippen LogP contribution in [0.2, 0.25) is 5.02 Å². The number of nitrogens with one attached hydrogen (secondary N) is 2. The Labute approximate surface area is 240 Å². The van der Waals surface area contributed by atoms with Crippen LogP contribution in [0.15, 0.2) is 66.3 Å². The van der Waals surface area contributed by atoms with Gasteiger partial charge in [-0.1, -0.05) is 43.7 Å². The van der Waals surface area contributed by atoms with Crippen LogP contribution in [0.3, 0.4) is 0 Å². The Morgan fingerprint density at radius 1 is 1.23 bits per heavy atom. The summed E-state index contributed by atoms with van der Waals surface area (Å²) in [4.78, 5) is 50.1. The fourth-order valence-electron chi connectivity index (χ4n) is 5.45. The number of pyridine rings is 1. The van der Waals surface area contributed by atoms with Crippen LogP contribution in [0.1, 0.15) is 50.3 Å². The quantitative estimate of drug-likeness (QED) is 0.419. The van der Waals surface area contributed by atoms with Gasteiger partial charge in [-0.15, -0.1) is 0 Å². The Kier molecular flexibility index (Phi) is 9.14. The molecule has 0 saturated carbocycles. The highest BCUT2D eigenvalue weighted by Gasteiger charge is 2.55. The SMILES string of the molecule is CCC1=C(N(C)C(=O)[C@@H]2[C@@H](Cc3ccnc(NC)c3)C(=O)N2C(=O)NC(CC)c2cccc(Cl)c2)N(C)C=CC1. The molecule has 4 rings (SSSR count). The van der Waals surface area contributed by atoms with E-state index in [0.717, 1.165) is 40.3 Å². The number of rotatable bonds is 9. The molecule has 0 spiro atoms. The Bertz CT molecular complexity index is 1340. The molecule has 2 aliphatic heterocycles. The third-order valence-electron chi connectivity index (χ3n) is 7.60. The normalized spacial score (nSPS) is 19.3. The number of carbonyl (C=O) groups excluding carboxylic acids is 3. The van der Waals surface area contributed by atoms with E-state index >= 15 is 0 Å². The minimum Gasteiger partial charge on any atom is -0.373 e. The summed E-state index contributed by atoms with van der Waals surface area (Å²) in [5.41, 5.74) is 2.80. The molecule has 2 aliphatic rings. The summed E-state index contributed by atoms with van der Waals surface area (Å²) in [5, 5.41) is 6.52. The molecule has 1 aromatic carbocycles. The van der Waals surface area contributed by atoms with Crippen LogP contribution in [0, 0.1) is 5.92 Å². The Hall–Kier alpha value is -3.85. The number of likely N-dealkylation sites (tertiary alicyclic amines) is 1. The van der Waals surface area contributed by atoms with Crippen molar-refractivity contribution in [2.24, 2.45) is 5.92 Å². The zero-order valence-corrected chi connectivity index (χ0v) is 24.4. The van der Waals surface area contributed by atoms with Crippen LogP contribution in [0.4, 0.5) is 10.6 Å². The highest BCUT2D eigenvalue weighted by atomic mass is 35.5. The van der Waals surface area contributed by atoms with Crippen molar-refractivity contribution in [1.29, 1.82) is 0 Å². The fourth-order valence-corrected chi connectivity index (χ4v) is 5.65. The molecule has 40 heavy (non-hydrogen) atoms. The monoisotopic (exact) mass is 564 g/mol. The molecular formula is C30H37ClN6O3. The summed E-state index contributed by atoms with van der Waals surface area (Å²) in [6.07, 6.45) is 8.07. The van der Waals surface area contributed by atoms with Gasteiger partial charge >= 0.3 is 6.03 Å². The van der Waals surface area contributed by atoms with Crippen LogP contribution in [-0.4, -0.2) is 64.7 Å². The van der Waals surface area contributed by atoms with Gasteiger partial charge in [0, 0.05) is 38.6 Å². The molecule has 0 aliphatic carbocycles. The first-order valence-electron chi connectivity index (χ1n) is 13.6. The third-order valence-corrected chi connectivity index (χ3v) is 7.83. The fraction of sp³-hybridized carbons (Fsp3) is 0.400.